The zero-order valence-electron chi connectivity index (χ0n) is 11.9. The van der Waals surface area contributed by atoms with Crippen molar-refractivity contribution in [2.24, 2.45) is 0 Å². The molecule has 2 rings (SSSR count). The summed E-state index contributed by atoms with van der Waals surface area (Å²) in [4.78, 5) is 5.73. The first kappa shape index (κ1) is 17.0. The fraction of sp³-hybridized carbons (Fsp3) is 0.615. The van der Waals surface area contributed by atoms with Gasteiger partial charge in [-0.05, 0) is 25.1 Å². The van der Waals surface area contributed by atoms with E-state index in [1.165, 1.54) is 12.3 Å². The Morgan fingerprint density at radius 1 is 1.27 bits per heavy atom. The molecular weight excluding hydrogens is 319 g/mol. The van der Waals surface area contributed by atoms with E-state index in [-0.39, 0.29) is 17.3 Å². The number of hydrogen-bond acceptors (Lipinski definition) is 5. The second kappa shape index (κ2) is 6.82. The van der Waals surface area contributed by atoms with Crippen LogP contribution in [0.1, 0.15) is 12.0 Å². The van der Waals surface area contributed by atoms with Crippen LogP contribution < -0.4 is 5.32 Å². The van der Waals surface area contributed by atoms with Crippen LogP contribution in [0.2, 0.25) is 0 Å². The van der Waals surface area contributed by atoms with Crippen molar-refractivity contribution >= 4 is 15.7 Å². The van der Waals surface area contributed by atoms with Gasteiger partial charge in [-0.2, -0.15) is 13.2 Å². The molecule has 1 aliphatic heterocycles. The van der Waals surface area contributed by atoms with Gasteiger partial charge in [0, 0.05) is 25.8 Å². The standard InChI is InChI=1S/C13H18F3N3O2S/c14-13(15,16)11-3-1-4-17-12(11)18-5-2-6-19-7-9-22(20,21)10-8-19/h1,3-4H,2,5-10H2,(H,17,18). The summed E-state index contributed by atoms with van der Waals surface area (Å²) in [7, 11) is -2.90. The predicted molar refractivity (Wildman–Crippen MR) is 77.4 cm³/mol. The molecule has 1 aliphatic rings. The first-order valence-corrected chi connectivity index (χ1v) is 8.79. The van der Waals surface area contributed by atoms with Gasteiger partial charge in [-0.1, -0.05) is 0 Å². The Labute approximate surface area is 127 Å². The van der Waals surface area contributed by atoms with Gasteiger partial charge in [0.2, 0.25) is 0 Å². The number of pyridine rings is 1. The molecule has 0 aliphatic carbocycles. The van der Waals surface area contributed by atoms with Gasteiger partial charge in [0.15, 0.2) is 9.84 Å². The Morgan fingerprint density at radius 3 is 2.59 bits per heavy atom. The number of sulfone groups is 1. The van der Waals surface area contributed by atoms with Crippen LogP contribution in [0.25, 0.3) is 0 Å². The average Bonchev–Trinajstić information content (AvgIpc) is 2.44. The van der Waals surface area contributed by atoms with Crippen molar-refractivity contribution in [3.63, 3.8) is 0 Å². The van der Waals surface area contributed by atoms with E-state index in [2.05, 4.69) is 10.3 Å². The third kappa shape index (κ3) is 4.84. The normalized spacial score (nSPS) is 19.0. The van der Waals surface area contributed by atoms with Gasteiger partial charge in [-0.3, -0.25) is 0 Å². The van der Waals surface area contributed by atoms with Crippen LogP contribution in [0.3, 0.4) is 0 Å². The first-order chi connectivity index (χ1) is 10.3. The van der Waals surface area contributed by atoms with Crippen LogP contribution in [0, 0.1) is 0 Å². The van der Waals surface area contributed by atoms with Crippen LogP contribution in [0.4, 0.5) is 19.0 Å². The predicted octanol–water partition coefficient (Wildman–Crippen LogP) is 1.63. The van der Waals surface area contributed by atoms with E-state index in [1.54, 1.807) is 0 Å². The molecule has 1 fully saturated rings. The number of rotatable bonds is 5. The van der Waals surface area contributed by atoms with Crippen molar-refractivity contribution in [1.82, 2.24) is 9.88 Å². The van der Waals surface area contributed by atoms with E-state index in [1.807, 2.05) is 4.90 Å². The molecular formula is C13H18F3N3O2S. The molecule has 1 N–H and O–H groups in total. The third-order valence-corrected chi connectivity index (χ3v) is 5.10. The number of alkyl halides is 3. The van der Waals surface area contributed by atoms with Gasteiger partial charge in [-0.25, -0.2) is 13.4 Å². The smallest absolute Gasteiger partial charge is 0.370 e. The van der Waals surface area contributed by atoms with Gasteiger partial charge < -0.3 is 10.2 Å². The van der Waals surface area contributed by atoms with Gasteiger partial charge in [0.25, 0.3) is 0 Å². The van der Waals surface area contributed by atoms with E-state index in [0.717, 1.165) is 6.07 Å². The molecule has 22 heavy (non-hydrogen) atoms. The number of nitrogens with zero attached hydrogens (tertiary/aromatic N) is 2. The Morgan fingerprint density at radius 2 is 1.95 bits per heavy atom. The van der Waals surface area contributed by atoms with Crippen molar-refractivity contribution in [2.45, 2.75) is 12.6 Å². The number of nitrogens with one attached hydrogen (secondary N) is 1. The number of anilines is 1. The maximum absolute atomic E-state index is 12.8. The monoisotopic (exact) mass is 337 g/mol. The zero-order valence-corrected chi connectivity index (χ0v) is 12.8. The molecule has 0 unspecified atom stereocenters. The van der Waals surface area contributed by atoms with E-state index < -0.39 is 21.6 Å². The summed E-state index contributed by atoms with van der Waals surface area (Å²) in [6.45, 7) is 1.97. The minimum absolute atomic E-state index is 0.152. The van der Waals surface area contributed by atoms with E-state index in [4.69, 9.17) is 0 Å². The van der Waals surface area contributed by atoms with E-state index >= 15 is 0 Å². The first-order valence-electron chi connectivity index (χ1n) is 6.97. The molecule has 0 amide bonds. The SMILES string of the molecule is O=S1(=O)CCN(CCCNc2ncccc2C(F)(F)F)CC1. The maximum Gasteiger partial charge on any atom is 0.419 e. The molecule has 0 spiro atoms. The molecule has 1 aromatic heterocycles. The minimum Gasteiger partial charge on any atom is -0.370 e. The molecule has 5 nitrogen and oxygen atoms in total. The molecule has 0 saturated carbocycles. The van der Waals surface area contributed by atoms with Crippen LogP contribution in [0.15, 0.2) is 18.3 Å². The Kier molecular flexibility index (Phi) is 5.28. The van der Waals surface area contributed by atoms with Crippen LogP contribution in [0.5, 0.6) is 0 Å². The molecule has 0 atom stereocenters. The summed E-state index contributed by atoms with van der Waals surface area (Å²) in [5.41, 5.74) is -0.779. The minimum atomic E-state index is -4.43. The fourth-order valence-corrected chi connectivity index (χ4v) is 3.54. The van der Waals surface area contributed by atoms with Gasteiger partial charge in [-0.15, -0.1) is 0 Å². The van der Waals surface area contributed by atoms with Crippen molar-refractivity contribution < 1.29 is 21.6 Å². The number of aromatic nitrogens is 1. The van der Waals surface area contributed by atoms with Crippen molar-refractivity contribution in [2.75, 3.05) is 43.0 Å². The van der Waals surface area contributed by atoms with E-state index in [9.17, 15) is 21.6 Å². The van der Waals surface area contributed by atoms with Crippen LogP contribution in [-0.4, -0.2) is 56.0 Å². The largest absolute Gasteiger partial charge is 0.419 e. The highest BCUT2D eigenvalue weighted by atomic mass is 32.2. The van der Waals surface area contributed by atoms with Crippen LogP contribution in [-0.2, 0) is 16.0 Å². The molecule has 124 valence electrons. The molecule has 1 aromatic rings. The summed E-state index contributed by atoms with van der Waals surface area (Å²) in [6, 6.07) is 2.24. The Hall–Kier alpha value is -1.35. The topological polar surface area (TPSA) is 62.3 Å². The molecule has 2 heterocycles. The lowest BCUT2D eigenvalue weighted by Gasteiger charge is -2.26. The lowest BCUT2D eigenvalue weighted by molar-refractivity contribution is -0.137. The maximum atomic E-state index is 12.8. The van der Waals surface area contributed by atoms with Crippen molar-refractivity contribution in [3.05, 3.63) is 23.9 Å². The average molecular weight is 337 g/mol. The van der Waals surface area contributed by atoms with Crippen LogP contribution >= 0.6 is 0 Å². The second-order valence-corrected chi connectivity index (χ2v) is 7.47. The molecule has 1 saturated heterocycles. The quantitative estimate of drug-likeness (QED) is 0.828. The highest BCUT2D eigenvalue weighted by Crippen LogP contribution is 2.33. The van der Waals surface area contributed by atoms with Crippen molar-refractivity contribution in [3.8, 4) is 0 Å². The molecule has 0 bridgehead atoms. The van der Waals surface area contributed by atoms with Crippen molar-refractivity contribution in [1.29, 1.82) is 0 Å². The van der Waals surface area contributed by atoms with Gasteiger partial charge in [0.1, 0.15) is 5.82 Å². The summed E-state index contributed by atoms with van der Waals surface area (Å²) >= 11 is 0. The number of halogens is 3. The van der Waals surface area contributed by atoms with Gasteiger partial charge >= 0.3 is 6.18 Å². The summed E-state index contributed by atoms with van der Waals surface area (Å²) < 4.78 is 60.9. The highest BCUT2D eigenvalue weighted by molar-refractivity contribution is 7.91. The third-order valence-electron chi connectivity index (χ3n) is 3.49. The Balaban J connectivity index is 1.78. The highest BCUT2D eigenvalue weighted by Gasteiger charge is 2.33. The summed E-state index contributed by atoms with van der Waals surface area (Å²) in [6.07, 6.45) is -2.50. The molecule has 9 heteroatoms. The summed E-state index contributed by atoms with van der Waals surface area (Å²) in [5, 5.41) is 2.70. The summed E-state index contributed by atoms with van der Waals surface area (Å²) in [5.74, 6) is 0.133. The lowest BCUT2D eigenvalue weighted by Crippen LogP contribution is -2.41. The fourth-order valence-electron chi connectivity index (χ4n) is 2.26. The zero-order chi connectivity index (χ0) is 16.2. The lowest BCUT2D eigenvalue weighted by atomic mass is 10.2. The number of hydrogen-bond donors (Lipinski definition) is 1. The molecule has 0 aromatic carbocycles. The second-order valence-electron chi connectivity index (χ2n) is 5.17. The van der Waals surface area contributed by atoms with Gasteiger partial charge in [0.05, 0.1) is 17.1 Å². The molecule has 0 radical (unpaired) electrons. The Bertz CT molecular complexity index is 591. The van der Waals surface area contributed by atoms with E-state index in [0.29, 0.717) is 32.6 Å².